The first-order chi connectivity index (χ1) is 9.63. The maximum Gasteiger partial charge on any atom is 0.227 e. The quantitative estimate of drug-likeness (QED) is 0.819. The van der Waals surface area contributed by atoms with Gasteiger partial charge in [0, 0.05) is 17.6 Å². The lowest BCUT2D eigenvalue weighted by atomic mass is 10.1. The molecule has 0 unspecified atom stereocenters. The third kappa shape index (κ3) is 2.63. The van der Waals surface area contributed by atoms with Crippen molar-refractivity contribution in [1.82, 2.24) is 4.90 Å². The predicted molar refractivity (Wildman–Crippen MR) is 83.3 cm³/mol. The van der Waals surface area contributed by atoms with Crippen LogP contribution in [0.3, 0.4) is 0 Å². The Balaban J connectivity index is 1.71. The Morgan fingerprint density at radius 2 is 1.80 bits per heavy atom. The molecule has 1 heterocycles. The molecule has 0 saturated carbocycles. The lowest BCUT2D eigenvalue weighted by Crippen LogP contribution is -2.26. The van der Waals surface area contributed by atoms with Crippen LogP contribution in [0.4, 0.5) is 0 Å². The fourth-order valence-corrected chi connectivity index (χ4v) is 2.86. The minimum Gasteiger partial charge on any atom is -0.334 e. The highest BCUT2D eigenvalue weighted by molar-refractivity contribution is 9.10. The van der Waals surface area contributed by atoms with E-state index in [1.165, 1.54) is 16.7 Å². The second-order valence-corrected chi connectivity index (χ2v) is 6.13. The van der Waals surface area contributed by atoms with Gasteiger partial charge in [0.05, 0.1) is 6.42 Å². The maximum atomic E-state index is 12.4. The molecule has 0 spiro atoms. The highest BCUT2D eigenvalue weighted by atomic mass is 79.9. The molecule has 102 valence electrons. The summed E-state index contributed by atoms with van der Waals surface area (Å²) in [5, 5.41) is 0. The SMILES string of the molecule is Cc1cc(CC(=O)N2Cc3ccccc3C2)ccc1Br. The van der Waals surface area contributed by atoms with Crippen molar-refractivity contribution in [2.24, 2.45) is 0 Å². The van der Waals surface area contributed by atoms with Gasteiger partial charge in [-0.15, -0.1) is 0 Å². The number of benzene rings is 2. The largest absolute Gasteiger partial charge is 0.334 e. The van der Waals surface area contributed by atoms with Crippen molar-refractivity contribution < 1.29 is 4.79 Å². The van der Waals surface area contributed by atoms with Crippen LogP contribution in [0.15, 0.2) is 46.9 Å². The average molecular weight is 330 g/mol. The van der Waals surface area contributed by atoms with Gasteiger partial charge in [-0.25, -0.2) is 0 Å². The van der Waals surface area contributed by atoms with Crippen LogP contribution in [-0.2, 0) is 24.3 Å². The zero-order valence-corrected chi connectivity index (χ0v) is 13.0. The second-order valence-electron chi connectivity index (χ2n) is 5.28. The van der Waals surface area contributed by atoms with Gasteiger partial charge in [-0.3, -0.25) is 4.79 Å². The number of hydrogen-bond acceptors (Lipinski definition) is 1. The van der Waals surface area contributed by atoms with Gasteiger partial charge in [-0.1, -0.05) is 52.3 Å². The first kappa shape index (κ1) is 13.4. The summed E-state index contributed by atoms with van der Waals surface area (Å²) in [7, 11) is 0. The molecule has 2 aromatic carbocycles. The highest BCUT2D eigenvalue weighted by Crippen LogP contribution is 2.23. The van der Waals surface area contributed by atoms with Crippen LogP contribution in [0.1, 0.15) is 22.3 Å². The molecule has 1 amide bonds. The van der Waals surface area contributed by atoms with Crippen LogP contribution in [0, 0.1) is 6.92 Å². The molecular formula is C17H16BrNO. The summed E-state index contributed by atoms with van der Waals surface area (Å²) in [6, 6.07) is 14.4. The number of amides is 1. The average Bonchev–Trinajstić information content (AvgIpc) is 2.87. The summed E-state index contributed by atoms with van der Waals surface area (Å²) in [4.78, 5) is 14.3. The smallest absolute Gasteiger partial charge is 0.227 e. The number of rotatable bonds is 2. The molecule has 0 bridgehead atoms. The molecule has 0 fully saturated rings. The first-order valence-electron chi connectivity index (χ1n) is 6.73. The van der Waals surface area contributed by atoms with E-state index in [9.17, 15) is 4.79 Å². The molecule has 0 N–H and O–H groups in total. The Kier molecular flexibility index (Phi) is 3.62. The normalized spacial score (nSPS) is 13.4. The van der Waals surface area contributed by atoms with Gasteiger partial charge in [0.25, 0.3) is 0 Å². The zero-order valence-electron chi connectivity index (χ0n) is 11.4. The minimum absolute atomic E-state index is 0.197. The Morgan fingerprint density at radius 3 is 2.40 bits per heavy atom. The molecule has 3 rings (SSSR count). The van der Waals surface area contributed by atoms with Crippen LogP contribution in [0.2, 0.25) is 0 Å². The topological polar surface area (TPSA) is 20.3 Å². The third-order valence-corrected chi connectivity index (χ3v) is 4.66. The van der Waals surface area contributed by atoms with E-state index in [1.807, 2.05) is 36.1 Å². The molecule has 2 aromatic rings. The van der Waals surface area contributed by atoms with Crippen LogP contribution in [0.5, 0.6) is 0 Å². The number of aryl methyl sites for hydroxylation is 1. The van der Waals surface area contributed by atoms with Gasteiger partial charge >= 0.3 is 0 Å². The van der Waals surface area contributed by atoms with Gasteiger partial charge in [-0.2, -0.15) is 0 Å². The number of nitrogens with zero attached hydrogens (tertiary/aromatic N) is 1. The molecule has 3 heteroatoms. The van der Waals surface area contributed by atoms with E-state index in [2.05, 4.69) is 34.1 Å². The van der Waals surface area contributed by atoms with E-state index in [0.29, 0.717) is 6.42 Å². The predicted octanol–water partition coefficient (Wildman–Crippen LogP) is 3.84. The Morgan fingerprint density at radius 1 is 1.15 bits per heavy atom. The van der Waals surface area contributed by atoms with Crippen molar-refractivity contribution in [1.29, 1.82) is 0 Å². The van der Waals surface area contributed by atoms with Gasteiger partial charge in [0.15, 0.2) is 0 Å². The molecule has 0 saturated heterocycles. The second kappa shape index (κ2) is 5.41. The summed E-state index contributed by atoms with van der Waals surface area (Å²) in [5.41, 5.74) is 4.78. The lowest BCUT2D eigenvalue weighted by Gasteiger charge is -2.15. The number of hydrogen-bond donors (Lipinski definition) is 0. The molecule has 0 aromatic heterocycles. The van der Waals surface area contributed by atoms with Crippen molar-refractivity contribution >= 4 is 21.8 Å². The highest BCUT2D eigenvalue weighted by Gasteiger charge is 2.22. The molecule has 0 aliphatic carbocycles. The molecule has 1 aliphatic heterocycles. The van der Waals surface area contributed by atoms with Crippen molar-refractivity contribution in [2.75, 3.05) is 0 Å². The Labute approximate surface area is 127 Å². The van der Waals surface area contributed by atoms with E-state index >= 15 is 0 Å². The van der Waals surface area contributed by atoms with Crippen molar-refractivity contribution in [2.45, 2.75) is 26.4 Å². The summed E-state index contributed by atoms with van der Waals surface area (Å²) < 4.78 is 1.09. The summed E-state index contributed by atoms with van der Waals surface area (Å²) in [6.45, 7) is 3.53. The van der Waals surface area contributed by atoms with Crippen LogP contribution >= 0.6 is 15.9 Å². The van der Waals surface area contributed by atoms with Crippen LogP contribution in [-0.4, -0.2) is 10.8 Å². The summed E-state index contributed by atoms with van der Waals surface area (Å²) in [6.07, 6.45) is 0.474. The number of carbonyl (C=O) groups excluding carboxylic acids is 1. The molecule has 20 heavy (non-hydrogen) atoms. The summed E-state index contributed by atoms with van der Waals surface area (Å²) >= 11 is 3.49. The molecule has 0 atom stereocenters. The van der Waals surface area contributed by atoms with Gasteiger partial charge in [0.1, 0.15) is 0 Å². The minimum atomic E-state index is 0.197. The lowest BCUT2D eigenvalue weighted by molar-refractivity contribution is -0.131. The Hall–Kier alpha value is -1.61. The van der Waals surface area contributed by atoms with Crippen LogP contribution < -0.4 is 0 Å². The van der Waals surface area contributed by atoms with Crippen LogP contribution in [0.25, 0.3) is 0 Å². The third-order valence-electron chi connectivity index (χ3n) is 3.77. The van der Waals surface area contributed by atoms with E-state index in [0.717, 1.165) is 23.1 Å². The van der Waals surface area contributed by atoms with Crippen molar-refractivity contribution in [3.63, 3.8) is 0 Å². The monoisotopic (exact) mass is 329 g/mol. The fraction of sp³-hybridized carbons (Fsp3) is 0.235. The maximum absolute atomic E-state index is 12.4. The molecule has 1 aliphatic rings. The molecule has 2 nitrogen and oxygen atoms in total. The van der Waals surface area contributed by atoms with E-state index < -0.39 is 0 Å². The first-order valence-corrected chi connectivity index (χ1v) is 7.52. The van der Waals surface area contributed by atoms with E-state index in [-0.39, 0.29) is 5.91 Å². The van der Waals surface area contributed by atoms with Gasteiger partial charge in [0.2, 0.25) is 5.91 Å². The van der Waals surface area contributed by atoms with Crippen molar-refractivity contribution in [3.05, 3.63) is 69.2 Å². The van der Waals surface area contributed by atoms with Crippen molar-refractivity contribution in [3.8, 4) is 0 Å². The number of halogens is 1. The summed E-state index contributed by atoms with van der Waals surface area (Å²) in [5.74, 6) is 0.197. The van der Waals surface area contributed by atoms with Gasteiger partial charge in [-0.05, 0) is 35.2 Å². The van der Waals surface area contributed by atoms with E-state index in [4.69, 9.17) is 0 Å². The van der Waals surface area contributed by atoms with E-state index in [1.54, 1.807) is 0 Å². The fourth-order valence-electron chi connectivity index (χ4n) is 2.61. The number of carbonyl (C=O) groups is 1. The standard InChI is InChI=1S/C17H16BrNO/c1-12-8-13(6-7-16(12)18)9-17(20)19-10-14-4-2-3-5-15(14)11-19/h2-8H,9-11H2,1H3. The van der Waals surface area contributed by atoms with Gasteiger partial charge < -0.3 is 4.90 Å². The number of fused-ring (bicyclic) bond motifs is 1. The Bertz CT molecular complexity index is 641. The molecular weight excluding hydrogens is 314 g/mol. The zero-order chi connectivity index (χ0) is 14.1. The molecule has 0 radical (unpaired) electrons.